The van der Waals surface area contributed by atoms with Gasteiger partial charge in [-0.15, -0.1) is 0 Å². The second-order valence-corrected chi connectivity index (χ2v) is 7.40. The van der Waals surface area contributed by atoms with Crippen molar-refractivity contribution in [1.29, 1.82) is 0 Å². The SMILES string of the molecule is Cc1ccc2c(c1)[S+]([O-])c1ccccc1N2C(=O)CCn1ccnc1. The molecule has 1 aliphatic heterocycles. The fourth-order valence-corrected chi connectivity index (χ4v) is 4.46. The van der Waals surface area contributed by atoms with Crippen molar-refractivity contribution in [3.8, 4) is 0 Å². The lowest BCUT2D eigenvalue weighted by atomic mass is 10.1. The topological polar surface area (TPSA) is 61.2 Å². The lowest BCUT2D eigenvalue weighted by molar-refractivity contribution is -0.118. The van der Waals surface area contributed by atoms with E-state index in [9.17, 15) is 9.35 Å². The largest absolute Gasteiger partial charge is 0.606 e. The number of para-hydroxylation sites is 1. The molecular formula is C19H17N3O2S. The van der Waals surface area contributed by atoms with Crippen LogP contribution in [-0.2, 0) is 22.5 Å². The summed E-state index contributed by atoms with van der Waals surface area (Å²) < 4.78 is 14.8. The fourth-order valence-electron chi connectivity index (χ4n) is 3.03. The van der Waals surface area contributed by atoms with Gasteiger partial charge in [0.2, 0.25) is 5.91 Å². The highest BCUT2D eigenvalue weighted by molar-refractivity contribution is 7.92. The molecule has 1 atom stereocenters. The van der Waals surface area contributed by atoms with Gasteiger partial charge in [0.25, 0.3) is 0 Å². The zero-order valence-electron chi connectivity index (χ0n) is 13.8. The Bertz CT molecular complexity index is 924. The lowest BCUT2D eigenvalue weighted by Gasteiger charge is -2.31. The van der Waals surface area contributed by atoms with Gasteiger partial charge in [0, 0.05) is 36.5 Å². The summed E-state index contributed by atoms with van der Waals surface area (Å²) in [6.45, 7) is 2.52. The van der Waals surface area contributed by atoms with Crippen LogP contribution in [0.5, 0.6) is 0 Å². The molecule has 1 aliphatic rings. The summed E-state index contributed by atoms with van der Waals surface area (Å²) in [5.74, 6) is -0.0250. The number of anilines is 2. The average Bonchev–Trinajstić information content (AvgIpc) is 3.14. The van der Waals surface area contributed by atoms with E-state index in [2.05, 4.69) is 4.98 Å². The highest BCUT2D eigenvalue weighted by Gasteiger charge is 2.36. The van der Waals surface area contributed by atoms with Crippen LogP contribution >= 0.6 is 0 Å². The van der Waals surface area contributed by atoms with Gasteiger partial charge in [-0.25, -0.2) is 4.98 Å². The van der Waals surface area contributed by atoms with Crippen molar-refractivity contribution in [2.24, 2.45) is 0 Å². The Labute approximate surface area is 149 Å². The maximum atomic E-state index is 13.0. The molecule has 4 rings (SSSR count). The highest BCUT2D eigenvalue weighted by Crippen LogP contribution is 2.44. The van der Waals surface area contributed by atoms with E-state index in [0.29, 0.717) is 34.1 Å². The summed E-state index contributed by atoms with van der Waals surface area (Å²) >= 11 is -1.28. The number of carbonyl (C=O) groups is 1. The number of carbonyl (C=O) groups excluding carboxylic acids is 1. The van der Waals surface area contributed by atoms with E-state index in [4.69, 9.17) is 0 Å². The van der Waals surface area contributed by atoms with E-state index in [1.54, 1.807) is 17.4 Å². The molecule has 0 bridgehead atoms. The second-order valence-electron chi connectivity index (χ2n) is 5.99. The molecule has 1 unspecified atom stereocenters. The highest BCUT2D eigenvalue weighted by atomic mass is 32.2. The van der Waals surface area contributed by atoms with Gasteiger partial charge < -0.3 is 9.12 Å². The average molecular weight is 351 g/mol. The van der Waals surface area contributed by atoms with Crippen molar-refractivity contribution in [3.05, 3.63) is 66.7 Å². The van der Waals surface area contributed by atoms with Crippen LogP contribution in [0.4, 0.5) is 11.4 Å². The van der Waals surface area contributed by atoms with Gasteiger partial charge in [0.1, 0.15) is 11.4 Å². The zero-order valence-corrected chi connectivity index (χ0v) is 14.6. The predicted molar refractivity (Wildman–Crippen MR) is 96.3 cm³/mol. The van der Waals surface area contributed by atoms with Crippen LogP contribution in [0.15, 0.2) is 71.0 Å². The molecule has 0 N–H and O–H groups in total. The Morgan fingerprint density at radius 1 is 1.16 bits per heavy atom. The number of amides is 1. The summed E-state index contributed by atoms with van der Waals surface area (Å²) in [4.78, 5) is 20.1. The first-order valence-electron chi connectivity index (χ1n) is 8.05. The van der Waals surface area contributed by atoms with E-state index in [0.717, 1.165) is 5.56 Å². The normalized spacial score (nSPS) is 15.6. The molecule has 0 saturated heterocycles. The number of aryl methyl sites for hydroxylation is 2. The molecule has 2 heterocycles. The number of rotatable bonds is 3. The van der Waals surface area contributed by atoms with Crippen LogP contribution in [0.3, 0.4) is 0 Å². The smallest absolute Gasteiger partial charge is 0.233 e. The molecule has 25 heavy (non-hydrogen) atoms. The van der Waals surface area contributed by atoms with Gasteiger partial charge in [0.15, 0.2) is 9.79 Å². The quantitative estimate of drug-likeness (QED) is 0.679. The molecule has 0 fully saturated rings. The Kier molecular flexibility index (Phi) is 4.07. The first-order chi connectivity index (χ1) is 12.1. The van der Waals surface area contributed by atoms with Gasteiger partial charge in [0.05, 0.1) is 6.33 Å². The fraction of sp³-hybridized carbons (Fsp3) is 0.158. The van der Waals surface area contributed by atoms with Gasteiger partial charge in [-0.05, 0) is 36.8 Å². The Morgan fingerprint density at radius 3 is 2.76 bits per heavy atom. The minimum atomic E-state index is -1.28. The van der Waals surface area contributed by atoms with Gasteiger partial charge in [-0.1, -0.05) is 18.2 Å². The molecule has 0 aliphatic carbocycles. The lowest BCUT2D eigenvalue weighted by Crippen LogP contribution is -2.32. The first-order valence-corrected chi connectivity index (χ1v) is 9.20. The molecule has 2 aromatic carbocycles. The number of fused-ring (bicyclic) bond motifs is 2. The van der Waals surface area contributed by atoms with Crippen LogP contribution in [0.1, 0.15) is 12.0 Å². The minimum Gasteiger partial charge on any atom is -0.606 e. The number of hydrogen-bond acceptors (Lipinski definition) is 3. The first kappa shape index (κ1) is 15.9. The number of hydrogen-bond donors (Lipinski definition) is 0. The maximum Gasteiger partial charge on any atom is 0.233 e. The number of imidazole rings is 1. The van der Waals surface area contributed by atoms with E-state index in [1.165, 1.54) is 0 Å². The van der Waals surface area contributed by atoms with Crippen molar-refractivity contribution in [2.45, 2.75) is 29.7 Å². The molecule has 3 aromatic rings. The molecule has 126 valence electrons. The van der Waals surface area contributed by atoms with Crippen molar-refractivity contribution in [2.75, 3.05) is 4.90 Å². The van der Waals surface area contributed by atoms with Crippen LogP contribution in [0, 0.1) is 6.92 Å². The van der Waals surface area contributed by atoms with E-state index in [1.807, 2.05) is 60.2 Å². The monoisotopic (exact) mass is 351 g/mol. The van der Waals surface area contributed by atoms with Crippen LogP contribution in [0.25, 0.3) is 0 Å². The predicted octanol–water partition coefficient (Wildman–Crippen LogP) is 3.43. The molecule has 0 saturated carbocycles. The minimum absolute atomic E-state index is 0.0250. The zero-order chi connectivity index (χ0) is 17.4. The van der Waals surface area contributed by atoms with E-state index in [-0.39, 0.29) is 5.91 Å². The molecular weight excluding hydrogens is 334 g/mol. The van der Waals surface area contributed by atoms with Crippen molar-refractivity contribution in [1.82, 2.24) is 9.55 Å². The maximum absolute atomic E-state index is 13.0. The van der Waals surface area contributed by atoms with Gasteiger partial charge >= 0.3 is 0 Å². The standard InChI is InChI=1S/C19H17N3O2S/c1-14-6-7-16-18(12-14)25(24)17-5-3-2-4-15(17)22(16)19(23)8-10-21-11-9-20-13-21/h2-7,9,11-13H,8,10H2,1H3. The molecule has 0 radical (unpaired) electrons. The third kappa shape index (κ3) is 2.83. The Hall–Kier alpha value is -2.57. The van der Waals surface area contributed by atoms with Crippen molar-refractivity contribution < 1.29 is 9.35 Å². The summed E-state index contributed by atoms with van der Waals surface area (Å²) in [6.07, 6.45) is 5.57. The molecule has 1 amide bonds. The number of benzene rings is 2. The second kappa shape index (κ2) is 6.38. The van der Waals surface area contributed by atoms with Crippen molar-refractivity contribution in [3.63, 3.8) is 0 Å². The van der Waals surface area contributed by atoms with Crippen LogP contribution in [0.2, 0.25) is 0 Å². The summed E-state index contributed by atoms with van der Waals surface area (Å²) in [7, 11) is 0. The Balaban J connectivity index is 1.74. The summed E-state index contributed by atoms with van der Waals surface area (Å²) in [5, 5.41) is 0. The van der Waals surface area contributed by atoms with Gasteiger partial charge in [-0.2, -0.15) is 0 Å². The van der Waals surface area contributed by atoms with E-state index < -0.39 is 11.2 Å². The summed E-state index contributed by atoms with van der Waals surface area (Å²) in [5.41, 5.74) is 2.43. The third-order valence-corrected chi connectivity index (χ3v) is 5.73. The molecule has 1 aromatic heterocycles. The third-order valence-electron chi connectivity index (χ3n) is 4.25. The molecule has 0 spiro atoms. The Morgan fingerprint density at radius 2 is 1.96 bits per heavy atom. The molecule has 5 nitrogen and oxygen atoms in total. The number of nitrogens with zero attached hydrogens (tertiary/aromatic N) is 3. The van der Waals surface area contributed by atoms with Crippen LogP contribution < -0.4 is 4.90 Å². The van der Waals surface area contributed by atoms with Gasteiger partial charge in [-0.3, -0.25) is 9.69 Å². The van der Waals surface area contributed by atoms with Crippen LogP contribution in [-0.4, -0.2) is 20.0 Å². The number of aromatic nitrogens is 2. The summed E-state index contributed by atoms with van der Waals surface area (Å²) in [6, 6.07) is 13.1. The molecule has 6 heteroatoms. The van der Waals surface area contributed by atoms with E-state index >= 15 is 0 Å². The van der Waals surface area contributed by atoms with Crippen molar-refractivity contribution >= 4 is 28.5 Å².